The van der Waals surface area contributed by atoms with Gasteiger partial charge < -0.3 is 15.2 Å². The number of aliphatic hydroxyl groups is 1. The largest absolute Gasteiger partial charge is 0.573 e. The molecule has 0 radical (unpaired) electrons. The molecule has 1 amide bonds. The van der Waals surface area contributed by atoms with E-state index >= 15 is 0 Å². The van der Waals surface area contributed by atoms with E-state index in [0.29, 0.717) is 16.8 Å². The summed E-state index contributed by atoms with van der Waals surface area (Å²) in [6.07, 6.45) is -2.34. The predicted molar refractivity (Wildman–Crippen MR) is 150 cm³/mol. The van der Waals surface area contributed by atoms with E-state index in [1.165, 1.54) is 28.6 Å². The molecule has 1 fully saturated rings. The maximum atomic E-state index is 13.1. The topological polar surface area (TPSA) is 146 Å². The molecule has 1 saturated heterocycles. The first-order valence-corrected chi connectivity index (χ1v) is 16.0. The number of nitrogens with one attached hydrogen (secondary N) is 1. The Kier molecular flexibility index (Phi) is 8.74. The van der Waals surface area contributed by atoms with Crippen LogP contribution in [0, 0.1) is 6.92 Å². The quantitative estimate of drug-likeness (QED) is 0.433. The van der Waals surface area contributed by atoms with Crippen molar-refractivity contribution in [3.05, 3.63) is 64.6 Å². The molecule has 0 saturated carbocycles. The third-order valence-electron chi connectivity index (χ3n) is 6.90. The van der Waals surface area contributed by atoms with Gasteiger partial charge in [0.15, 0.2) is 0 Å². The third kappa shape index (κ3) is 7.11. The molecule has 0 atom stereocenters. The number of anilines is 1. The van der Waals surface area contributed by atoms with Crippen LogP contribution >= 0.6 is 0 Å². The van der Waals surface area contributed by atoms with Crippen molar-refractivity contribution in [3.63, 3.8) is 0 Å². The van der Waals surface area contributed by atoms with E-state index in [1.807, 2.05) is 0 Å². The lowest BCUT2D eigenvalue weighted by atomic mass is 9.89. The highest BCUT2D eigenvalue weighted by molar-refractivity contribution is 7.92. The molecule has 228 valence electrons. The smallest absolute Gasteiger partial charge is 0.406 e. The molecule has 2 aliphatic rings. The highest BCUT2D eigenvalue weighted by Gasteiger charge is 2.47. The van der Waals surface area contributed by atoms with Crippen molar-refractivity contribution in [2.75, 3.05) is 36.8 Å². The van der Waals surface area contributed by atoms with Gasteiger partial charge in [0.1, 0.15) is 17.1 Å². The van der Waals surface area contributed by atoms with E-state index < -0.39 is 43.6 Å². The number of amidine groups is 1. The van der Waals surface area contributed by atoms with Crippen LogP contribution in [0.3, 0.4) is 0 Å². The van der Waals surface area contributed by atoms with Crippen LogP contribution in [-0.2, 0) is 24.8 Å². The molecular weight excluding hydrogens is 601 g/mol. The molecule has 2 N–H and O–H groups in total. The Morgan fingerprint density at radius 2 is 1.83 bits per heavy atom. The van der Waals surface area contributed by atoms with Crippen LogP contribution in [0.4, 0.5) is 18.9 Å². The molecule has 11 nitrogen and oxygen atoms in total. The molecule has 0 aromatic heterocycles. The summed E-state index contributed by atoms with van der Waals surface area (Å²) in [5.74, 6) is -0.850. The lowest BCUT2D eigenvalue weighted by molar-refractivity contribution is -0.274. The Morgan fingerprint density at radius 1 is 1.14 bits per heavy atom. The first-order valence-electron chi connectivity index (χ1n) is 12.7. The first-order chi connectivity index (χ1) is 19.5. The van der Waals surface area contributed by atoms with Gasteiger partial charge in [-0.1, -0.05) is 18.2 Å². The zero-order valence-electron chi connectivity index (χ0n) is 22.6. The number of aliphatic imine (C=N–C) groups is 1. The molecule has 2 aromatic carbocycles. The van der Waals surface area contributed by atoms with Gasteiger partial charge in [-0.2, -0.15) is 4.31 Å². The van der Waals surface area contributed by atoms with Crippen LogP contribution in [-0.4, -0.2) is 82.4 Å². The second-order valence-electron chi connectivity index (χ2n) is 9.87. The van der Waals surface area contributed by atoms with E-state index in [4.69, 9.17) is 0 Å². The van der Waals surface area contributed by atoms with E-state index in [2.05, 4.69) is 15.0 Å². The van der Waals surface area contributed by atoms with Gasteiger partial charge in [-0.15, -0.1) is 13.2 Å². The molecule has 4 rings (SSSR count). The SMILES string of the molecule is Cc1cc(N(CCO)S(C)(=O)=O)ccc1/C=C/S(=O)(=O)N1CCC2(CC1)N=C(c1cccc(OC(F)(F)F)c1)NC2=O. The summed E-state index contributed by atoms with van der Waals surface area (Å²) < 4.78 is 94.2. The lowest BCUT2D eigenvalue weighted by Gasteiger charge is -2.34. The third-order valence-corrected chi connectivity index (χ3v) is 9.65. The van der Waals surface area contributed by atoms with Gasteiger partial charge >= 0.3 is 6.36 Å². The summed E-state index contributed by atoms with van der Waals surface area (Å²) >= 11 is 0. The second kappa shape index (κ2) is 11.7. The molecule has 0 unspecified atom stereocenters. The number of ether oxygens (including phenoxy) is 1. The number of nitrogens with zero attached hydrogens (tertiary/aromatic N) is 3. The van der Waals surface area contributed by atoms with Crippen LogP contribution in [0.5, 0.6) is 5.75 Å². The zero-order valence-corrected chi connectivity index (χ0v) is 24.3. The van der Waals surface area contributed by atoms with Gasteiger partial charge in [0, 0.05) is 24.1 Å². The summed E-state index contributed by atoms with van der Waals surface area (Å²) in [7, 11) is -7.53. The number of aliphatic hydroxyl groups excluding tert-OH is 1. The fourth-order valence-corrected chi connectivity index (χ4v) is 6.86. The van der Waals surface area contributed by atoms with Gasteiger partial charge in [0.2, 0.25) is 20.0 Å². The number of carbonyl (C=O) groups is 1. The van der Waals surface area contributed by atoms with Gasteiger partial charge in [0.05, 0.1) is 25.1 Å². The Hall–Kier alpha value is -3.47. The average Bonchev–Trinajstić information content (AvgIpc) is 3.20. The Bertz CT molecular complexity index is 1630. The normalized spacial score (nSPS) is 17.9. The molecule has 1 spiro atoms. The molecule has 42 heavy (non-hydrogen) atoms. The number of aryl methyl sites for hydroxylation is 1. The molecule has 0 bridgehead atoms. The van der Waals surface area contributed by atoms with Crippen LogP contribution in [0.25, 0.3) is 6.08 Å². The molecule has 2 aromatic rings. The van der Waals surface area contributed by atoms with Crippen molar-refractivity contribution in [2.45, 2.75) is 31.7 Å². The van der Waals surface area contributed by atoms with Crippen molar-refractivity contribution in [1.82, 2.24) is 9.62 Å². The fourth-order valence-electron chi connectivity index (χ4n) is 4.77. The van der Waals surface area contributed by atoms with Gasteiger partial charge in [-0.05, 0) is 61.2 Å². The maximum Gasteiger partial charge on any atom is 0.573 e. The number of hydrogen-bond acceptors (Lipinski definition) is 8. The molecule has 0 aliphatic carbocycles. The standard InChI is InChI=1S/C26H29F3N4O7S2/c1-18-16-21(33(13-14-34)41(2,36)37)7-6-19(18)8-15-42(38,39)32-11-9-25(10-12-32)24(35)30-23(31-25)20-4-3-5-22(17-20)40-26(27,28)29/h3-8,15-17,34H,9-14H2,1-2H3,(H,30,31,35)/b15-8+. The summed E-state index contributed by atoms with van der Waals surface area (Å²) in [6.45, 7) is 1.16. The number of amides is 1. The number of halogens is 3. The van der Waals surface area contributed by atoms with Crippen molar-refractivity contribution < 1.29 is 44.6 Å². The van der Waals surface area contributed by atoms with Crippen LogP contribution in [0.1, 0.15) is 29.5 Å². The minimum Gasteiger partial charge on any atom is -0.406 e. The predicted octanol–water partition coefficient (Wildman–Crippen LogP) is 2.36. The van der Waals surface area contributed by atoms with Crippen LogP contribution in [0.2, 0.25) is 0 Å². The van der Waals surface area contributed by atoms with Gasteiger partial charge in [0.25, 0.3) is 5.91 Å². The minimum absolute atomic E-state index is 0.0174. The Morgan fingerprint density at radius 3 is 2.43 bits per heavy atom. The summed E-state index contributed by atoms with van der Waals surface area (Å²) in [4.78, 5) is 17.3. The zero-order chi connectivity index (χ0) is 30.9. The number of carbonyl (C=O) groups excluding carboxylic acids is 1. The minimum atomic E-state index is -4.88. The number of benzene rings is 2. The monoisotopic (exact) mass is 630 g/mol. The highest BCUT2D eigenvalue weighted by Crippen LogP contribution is 2.33. The number of alkyl halides is 3. The molecular formula is C26H29F3N4O7S2. The number of rotatable bonds is 9. The van der Waals surface area contributed by atoms with Gasteiger partial charge in [-0.25, -0.2) is 16.8 Å². The average molecular weight is 631 g/mol. The number of sulfonamides is 2. The molecule has 2 aliphatic heterocycles. The van der Waals surface area contributed by atoms with E-state index in [0.717, 1.165) is 28.1 Å². The number of hydrogen-bond donors (Lipinski definition) is 2. The van der Waals surface area contributed by atoms with Crippen molar-refractivity contribution in [1.29, 1.82) is 0 Å². The van der Waals surface area contributed by atoms with E-state index in [9.17, 15) is 39.9 Å². The van der Waals surface area contributed by atoms with Crippen LogP contribution in [0.15, 0.2) is 52.9 Å². The van der Waals surface area contributed by atoms with E-state index in [-0.39, 0.29) is 50.5 Å². The number of piperidine rings is 1. The van der Waals surface area contributed by atoms with E-state index in [1.54, 1.807) is 19.1 Å². The van der Waals surface area contributed by atoms with Crippen molar-refractivity contribution in [2.24, 2.45) is 4.99 Å². The van der Waals surface area contributed by atoms with Gasteiger partial charge in [-0.3, -0.25) is 14.1 Å². The fraction of sp³-hybridized carbons (Fsp3) is 0.385. The Balaban J connectivity index is 1.46. The summed E-state index contributed by atoms with van der Waals surface area (Å²) in [5.41, 5.74) is 0.446. The second-order valence-corrected chi connectivity index (χ2v) is 13.6. The summed E-state index contributed by atoms with van der Waals surface area (Å²) in [6, 6.07) is 9.71. The first kappa shape index (κ1) is 31.5. The summed E-state index contributed by atoms with van der Waals surface area (Å²) in [5, 5.41) is 12.8. The highest BCUT2D eigenvalue weighted by atomic mass is 32.2. The molecule has 16 heteroatoms. The maximum absolute atomic E-state index is 13.1. The Labute approximate surface area is 241 Å². The lowest BCUT2D eigenvalue weighted by Crippen LogP contribution is -2.50. The van der Waals surface area contributed by atoms with Crippen molar-refractivity contribution >= 4 is 43.6 Å². The molecule has 2 heterocycles. The van der Waals surface area contributed by atoms with Crippen LogP contribution < -0.4 is 14.4 Å². The van der Waals surface area contributed by atoms with Crippen molar-refractivity contribution in [3.8, 4) is 5.75 Å².